The highest BCUT2D eigenvalue weighted by Gasteiger charge is 2.14. The average Bonchev–Trinajstić information content (AvgIpc) is 2.11. The number of hydroxylamine groups is 1. The van der Waals surface area contributed by atoms with Gasteiger partial charge < -0.3 is 10.1 Å². The van der Waals surface area contributed by atoms with Gasteiger partial charge in [0, 0.05) is 6.07 Å². The van der Waals surface area contributed by atoms with E-state index in [4.69, 9.17) is 0 Å². The summed E-state index contributed by atoms with van der Waals surface area (Å²) in [6, 6.07) is 1.11. The van der Waals surface area contributed by atoms with Gasteiger partial charge in [-0.1, -0.05) is 0 Å². The van der Waals surface area contributed by atoms with Crippen LogP contribution in [0.5, 0.6) is 5.75 Å². The van der Waals surface area contributed by atoms with Gasteiger partial charge in [0.1, 0.15) is 0 Å². The number of halogens is 1. The zero-order chi connectivity index (χ0) is 10.7. The Hall–Kier alpha value is -1.34. The van der Waals surface area contributed by atoms with Crippen molar-refractivity contribution in [3.63, 3.8) is 0 Å². The van der Waals surface area contributed by atoms with Gasteiger partial charge in [0.05, 0.1) is 11.7 Å². The van der Waals surface area contributed by atoms with E-state index in [1.54, 1.807) is 0 Å². The van der Waals surface area contributed by atoms with Crippen LogP contribution in [-0.2, 0) is 4.84 Å². The number of aromatic amines is 1. The molecule has 0 atom stereocenters. The SMILES string of the molecule is CONC(=O)c1[nH]c(Br)cc(=O)c1O. The number of carbonyl (C=O) groups is 1. The van der Waals surface area contributed by atoms with Crippen molar-refractivity contribution in [3.05, 3.63) is 26.6 Å². The van der Waals surface area contributed by atoms with Crippen molar-refractivity contribution >= 4 is 21.8 Å². The molecule has 0 saturated carbocycles. The van der Waals surface area contributed by atoms with E-state index in [9.17, 15) is 14.7 Å². The highest BCUT2D eigenvalue weighted by atomic mass is 79.9. The van der Waals surface area contributed by atoms with E-state index >= 15 is 0 Å². The van der Waals surface area contributed by atoms with Crippen LogP contribution in [-0.4, -0.2) is 23.1 Å². The van der Waals surface area contributed by atoms with Crippen LogP contribution in [0, 0.1) is 0 Å². The summed E-state index contributed by atoms with van der Waals surface area (Å²) < 4.78 is 0.293. The van der Waals surface area contributed by atoms with Crippen molar-refractivity contribution in [1.29, 1.82) is 0 Å². The Bertz CT molecular complexity index is 415. The first kappa shape index (κ1) is 10.7. The number of amides is 1. The molecule has 3 N–H and O–H groups in total. The van der Waals surface area contributed by atoms with Gasteiger partial charge in [-0.2, -0.15) is 0 Å². The molecule has 0 saturated heterocycles. The van der Waals surface area contributed by atoms with Crippen LogP contribution in [0.1, 0.15) is 10.5 Å². The Morgan fingerprint density at radius 2 is 2.36 bits per heavy atom. The lowest BCUT2D eigenvalue weighted by molar-refractivity contribution is 0.0529. The third-order valence-electron chi connectivity index (χ3n) is 1.39. The van der Waals surface area contributed by atoms with E-state index in [2.05, 4.69) is 25.8 Å². The van der Waals surface area contributed by atoms with Gasteiger partial charge in [-0.25, -0.2) is 5.48 Å². The summed E-state index contributed by atoms with van der Waals surface area (Å²) >= 11 is 2.98. The van der Waals surface area contributed by atoms with Crippen LogP contribution >= 0.6 is 15.9 Å². The second-order valence-electron chi connectivity index (χ2n) is 2.34. The summed E-state index contributed by atoms with van der Waals surface area (Å²) in [5.41, 5.74) is 1.05. The zero-order valence-corrected chi connectivity index (χ0v) is 8.71. The zero-order valence-electron chi connectivity index (χ0n) is 7.13. The maximum absolute atomic E-state index is 11.2. The molecule has 1 aromatic heterocycles. The lowest BCUT2D eigenvalue weighted by atomic mass is 10.3. The largest absolute Gasteiger partial charge is 0.503 e. The number of carbonyl (C=O) groups excluding carboxylic acids is 1. The minimum Gasteiger partial charge on any atom is -0.503 e. The van der Waals surface area contributed by atoms with E-state index in [1.165, 1.54) is 7.11 Å². The molecule has 14 heavy (non-hydrogen) atoms. The van der Waals surface area contributed by atoms with Crippen LogP contribution in [0.4, 0.5) is 0 Å². The van der Waals surface area contributed by atoms with Gasteiger partial charge in [0.2, 0.25) is 5.43 Å². The van der Waals surface area contributed by atoms with Gasteiger partial charge >= 0.3 is 0 Å². The molecule has 1 heterocycles. The van der Waals surface area contributed by atoms with Crippen molar-refractivity contribution in [2.75, 3.05) is 7.11 Å². The Morgan fingerprint density at radius 3 is 2.93 bits per heavy atom. The third-order valence-corrected chi connectivity index (χ3v) is 1.82. The summed E-state index contributed by atoms with van der Waals surface area (Å²) in [7, 11) is 1.24. The third kappa shape index (κ3) is 2.12. The van der Waals surface area contributed by atoms with Crippen LogP contribution in [0.3, 0.4) is 0 Å². The molecule has 0 unspecified atom stereocenters. The van der Waals surface area contributed by atoms with E-state index in [-0.39, 0.29) is 5.69 Å². The Kier molecular flexibility index (Phi) is 3.26. The first-order chi connectivity index (χ1) is 6.56. The quantitative estimate of drug-likeness (QED) is 0.522. The summed E-state index contributed by atoms with van der Waals surface area (Å²) in [5.74, 6) is -1.38. The number of aromatic hydroxyl groups is 1. The second-order valence-corrected chi connectivity index (χ2v) is 3.19. The molecule has 0 bridgehead atoms. The van der Waals surface area contributed by atoms with Gasteiger partial charge in [0.25, 0.3) is 5.91 Å². The normalized spacial score (nSPS) is 9.86. The molecule has 0 fully saturated rings. The van der Waals surface area contributed by atoms with Crippen LogP contribution in [0.2, 0.25) is 0 Å². The van der Waals surface area contributed by atoms with Crippen LogP contribution < -0.4 is 10.9 Å². The maximum Gasteiger partial charge on any atom is 0.295 e. The fourth-order valence-corrected chi connectivity index (χ4v) is 1.24. The Balaban J connectivity index is 3.20. The minimum absolute atomic E-state index is 0.258. The fraction of sp³-hybridized carbons (Fsp3) is 0.143. The number of nitrogens with one attached hydrogen (secondary N) is 2. The van der Waals surface area contributed by atoms with Gasteiger partial charge in [-0.3, -0.25) is 14.4 Å². The van der Waals surface area contributed by atoms with E-state index < -0.39 is 17.1 Å². The smallest absolute Gasteiger partial charge is 0.295 e. The van der Waals surface area contributed by atoms with E-state index in [0.717, 1.165) is 6.07 Å². The number of aromatic nitrogens is 1. The topological polar surface area (TPSA) is 91.4 Å². The van der Waals surface area contributed by atoms with Gasteiger partial charge in [-0.15, -0.1) is 0 Å². The van der Waals surface area contributed by atoms with Crippen molar-refractivity contribution in [2.45, 2.75) is 0 Å². The molecule has 0 aromatic carbocycles. The molecule has 0 aliphatic heterocycles. The maximum atomic E-state index is 11.2. The Morgan fingerprint density at radius 1 is 1.71 bits per heavy atom. The van der Waals surface area contributed by atoms with E-state index in [1.807, 2.05) is 5.48 Å². The first-order valence-electron chi connectivity index (χ1n) is 3.51. The summed E-state index contributed by atoms with van der Waals surface area (Å²) in [5, 5.41) is 9.24. The van der Waals surface area contributed by atoms with Crippen molar-refractivity contribution in [3.8, 4) is 5.75 Å². The predicted octanol–water partition coefficient (Wildman–Crippen LogP) is 0.134. The first-order valence-corrected chi connectivity index (χ1v) is 4.30. The fourth-order valence-electron chi connectivity index (χ4n) is 0.829. The molecule has 0 aliphatic carbocycles. The van der Waals surface area contributed by atoms with Gasteiger partial charge in [-0.05, 0) is 15.9 Å². The average molecular weight is 263 g/mol. The van der Waals surface area contributed by atoms with Crippen molar-refractivity contribution < 1.29 is 14.7 Å². The second kappa shape index (κ2) is 4.25. The summed E-state index contributed by atoms with van der Waals surface area (Å²) in [4.78, 5) is 29.1. The van der Waals surface area contributed by atoms with Gasteiger partial charge in [0.15, 0.2) is 11.4 Å². The number of rotatable bonds is 2. The van der Waals surface area contributed by atoms with Crippen LogP contribution in [0.15, 0.2) is 15.5 Å². The van der Waals surface area contributed by atoms with Crippen molar-refractivity contribution in [1.82, 2.24) is 10.5 Å². The molecule has 0 spiro atoms. The number of H-pyrrole nitrogens is 1. The predicted molar refractivity (Wildman–Crippen MR) is 50.9 cm³/mol. The van der Waals surface area contributed by atoms with Crippen LogP contribution in [0.25, 0.3) is 0 Å². The number of pyridine rings is 1. The minimum atomic E-state index is -0.733. The summed E-state index contributed by atoms with van der Waals surface area (Å²) in [6.45, 7) is 0. The molecule has 6 nitrogen and oxygen atoms in total. The lowest BCUT2D eigenvalue weighted by Gasteiger charge is -2.04. The summed E-state index contributed by atoms with van der Waals surface area (Å²) in [6.07, 6.45) is 0. The van der Waals surface area contributed by atoms with Crippen molar-refractivity contribution in [2.24, 2.45) is 0 Å². The molecule has 7 heteroatoms. The molecule has 1 aromatic rings. The molecular formula is C7H7BrN2O4. The lowest BCUT2D eigenvalue weighted by Crippen LogP contribution is -2.24. The molecule has 1 rings (SSSR count). The molecule has 76 valence electrons. The number of hydrogen-bond acceptors (Lipinski definition) is 4. The molecule has 0 radical (unpaired) electrons. The molecular weight excluding hydrogens is 256 g/mol. The molecule has 0 aliphatic rings. The highest BCUT2D eigenvalue weighted by Crippen LogP contribution is 2.12. The van der Waals surface area contributed by atoms with E-state index in [0.29, 0.717) is 4.60 Å². The monoisotopic (exact) mass is 262 g/mol. The Labute approximate surface area is 87.0 Å². The molecule has 1 amide bonds. The standard InChI is InChI=1S/C7H7BrN2O4/c1-14-10-7(13)5-6(12)3(11)2-4(8)9-5/h2,12H,1H3,(H,9,11)(H,10,13). The number of hydrogen-bond donors (Lipinski definition) is 3. The highest BCUT2D eigenvalue weighted by molar-refractivity contribution is 9.10.